The van der Waals surface area contributed by atoms with Crippen LogP contribution in [0, 0.1) is 6.92 Å². The Hall–Kier alpha value is -3.31. The second-order valence-electron chi connectivity index (χ2n) is 9.32. The smallest absolute Gasteiger partial charge is 0.119 e. The summed E-state index contributed by atoms with van der Waals surface area (Å²) in [5, 5.41) is 4.94. The summed E-state index contributed by atoms with van der Waals surface area (Å²) in [5.74, 6) is 1.77. The number of fused-ring (bicyclic) bond motifs is 1. The van der Waals surface area contributed by atoms with Crippen LogP contribution in [0.4, 0.5) is 0 Å². The molecule has 36 heavy (non-hydrogen) atoms. The van der Waals surface area contributed by atoms with Gasteiger partial charge in [-0.05, 0) is 98.5 Å². The second-order valence-corrected chi connectivity index (χ2v) is 9.32. The van der Waals surface area contributed by atoms with E-state index in [0.717, 1.165) is 43.1 Å². The van der Waals surface area contributed by atoms with Crippen molar-refractivity contribution in [3.63, 3.8) is 0 Å². The summed E-state index contributed by atoms with van der Waals surface area (Å²) in [7, 11) is 3.44. The van der Waals surface area contributed by atoms with Crippen molar-refractivity contribution < 1.29 is 9.47 Å². The standard InChI is InChI=1S/C31H39N3O2/c1-5-28(29-12-8-10-20-33-29)32-19-9-6-7-11-21-34-30-18-17-26(36-4)22-27(30)23(2)31(34)24-13-15-25(35-3)16-14-24/h8,10,12-18,20,22,28,32H,5-7,9,11,19,21H2,1-4H3. The monoisotopic (exact) mass is 485 g/mol. The molecular weight excluding hydrogens is 446 g/mol. The zero-order valence-corrected chi connectivity index (χ0v) is 22.1. The molecule has 1 atom stereocenters. The van der Waals surface area contributed by atoms with E-state index in [-0.39, 0.29) is 0 Å². The molecule has 2 heterocycles. The van der Waals surface area contributed by atoms with E-state index in [1.807, 2.05) is 24.4 Å². The number of hydrogen-bond donors (Lipinski definition) is 1. The lowest BCUT2D eigenvalue weighted by molar-refractivity contribution is 0.415. The summed E-state index contributed by atoms with van der Waals surface area (Å²) in [5.41, 5.74) is 6.19. The first-order chi connectivity index (χ1) is 17.7. The molecular formula is C31H39N3O2. The Morgan fingerprint density at radius 2 is 1.64 bits per heavy atom. The van der Waals surface area contributed by atoms with Crippen LogP contribution >= 0.6 is 0 Å². The minimum Gasteiger partial charge on any atom is -0.497 e. The van der Waals surface area contributed by atoms with E-state index in [4.69, 9.17) is 9.47 Å². The Bertz CT molecular complexity index is 1230. The van der Waals surface area contributed by atoms with Gasteiger partial charge in [0.05, 0.1) is 25.6 Å². The zero-order valence-electron chi connectivity index (χ0n) is 22.1. The van der Waals surface area contributed by atoms with E-state index in [1.54, 1.807) is 14.2 Å². The van der Waals surface area contributed by atoms with Crippen LogP contribution in [-0.2, 0) is 6.54 Å². The maximum absolute atomic E-state index is 5.52. The van der Waals surface area contributed by atoms with Crippen LogP contribution in [0.3, 0.4) is 0 Å². The van der Waals surface area contributed by atoms with E-state index in [2.05, 4.69) is 71.2 Å². The molecule has 0 fully saturated rings. The number of benzene rings is 2. The number of methoxy groups -OCH3 is 2. The number of hydrogen-bond acceptors (Lipinski definition) is 4. The molecule has 2 aromatic heterocycles. The molecule has 0 radical (unpaired) electrons. The fourth-order valence-electron chi connectivity index (χ4n) is 5.05. The van der Waals surface area contributed by atoms with Gasteiger partial charge in [-0.15, -0.1) is 0 Å². The predicted molar refractivity (Wildman–Crippen MR) is 149 cm³/mol. The van der Waals surface area contributed by atoms with Gasteiger partial charge in [-0.2, -0.15) is 0 Å². The lowest BCUT2D eigenvalue weighted by atomic mass is 10.1. The molecule has 0 aliphatic carbocycles. The highest BCUT2D eigenvalue weighted by Gasteiger charge is 2.16. The van der Waals surface area contributed by atoms with Gasteiger partial charge in [-0.25, -0.2) is 0 Å². The van der Waals surface area contributed by atoms with Crippen molar-refractivity contribution in [1.29, 1.82) is 0 Å². The third kappa shape index (κ3) is 5.90. The van der Waals surface area contributed by atoms with Gasteiger partial charge in [0.25, 0.3) is 0 Å². The first kappa shape index (κ1) is 25.8. The highest BCUT2D eigenvalue weighted by molar-refractivity contribution is 5.92. The van der Waals surface area contributed by atoms with Crippen molar-refractivity contribution in [2.45, 2.75) is 58.5 Å². The molecule has 190 valence electrons. The summed E-state index contributed by atoms with van der Waals surface area (Å²) < 4.78 is 13.4. The maximum Gasteiger partial charge on any atom is 0.119 e. The molecule has 0 bridgehead atoms. The number of unbranched alkanes of at least 4 members (excludes halogenated alkanes) is 3. The van der Waals surface area contributed by atoms with Gasteiger partial charge in [-0.3, -0.25) is 4.98 Å². The van der Waals surface area contributed by atoms with Crippen LogP contribution in [0.15, 0.2) is 66.9 Å². The molecule has 2 aromatic carbocycles. The fourth-order valence-corrected chi connectivity index (χ4v) is 5.05. The van der Waals surface area contributed by atoms with Gasteiger partial charge < -0.3 is 19.4 Å². The van der Waals surface area contributed by atoms with Crippen molar-refractivity contribution in [3.8, 4) is 22.8 Å². The molecule has 5 heteroatoms. The minimum absolute atomic E-state index is 0.337. The number of rotatable bonds is 13. The van der Waals surface area contributed by atoms with Gasteiger partial charge >= 0.3 is 0 Å². The van der Waals surface area contributed by atoms with Crippen molar-refractivity contribution >= 4 is 10.9 Å². The topological polar surface area (TPSA) is 48.3 Å². The van der Waals surface area contributed by atoms with Crippen LogP contribution in [0.2, 0.25) is 0 Å². The molecule has 4 rings (SSSR count). The molecule has 0 spiro atoms. The molecule has 0 aliphatic heterocycles. The first-order valence-electron chi connectivity index (χ1n) is 13.1. The summed E-state index contributed by atoms with van der Waals surface area (Å²) in [6.45, 7) is 6.45. The van der Waals surface area contributed by atoms with Crippen molar-refractivity contribution in [2.75, 3.05) is 20.8 Å². The molecule has 4 aromatic rings. The largest absolute Gasteiger partial charge is 0.497 e. The fraction of sp³-hybridized carbons (Fsp3) is 0.387. The number of nitrogens with zero attached hydrogens (tertiary/aromatic N) is 2. The highest BCUT2D eigenvalue weighted by atomic mass is 16.5. The van der Waals surface area contributed by atoms with Crippen LogP contribution in [0.1, 0.15) is 56.3 Å². The third-order valence-corrected chi connectivity index (χ3v) is 7.04. The van der Waals surface area contributed by atoms with E-state index in [1.165, 1.54) is 47.0 Å². The summed E-state index contributed by atoms with van der Waals surface area (Å²) in [4.78, 5) is 4.51. The quantitative estimate of drug-likeness (QED) is 0.201. The average Bonchev–Trinajstić information content (AvgIpc) is 3.21. The summed E-state index contributed by atoms with van der Waals surface area (Å²) in [6, 6.07) is 21.3. The average molecular weight is 486 g/mol. The Morgan fingerprint density at radius 1 is 0.889 bits per heavy atom. The summed E-state index contributed by atoms with van der Waals surface area (Å²) in [6.07, 6.45) is 7.68. The molecule has 5 nitrogen and oxygen atoms in total. The molecule has 0 aliphatic rings. The molecule has 0 saturated carbocycles. The van der Waals surface area contributed by atoms with Crippen molar-refractivity contribution in [2.24, 2.45) is 0 Å². The van der Waals surface area contributed by atoms with Crippen molar-refractivity contribution in [1.82, 2.24) is 14.9 Å². The van der Waals surface area contributed by atoms with Crippen LogP contribution < -0.4 is 14.8 Å². The first-order valence-corrected chi connectivity index (χ1v) is 13.1. The van der Waals surface area contributed by atoms with Gasteiger partial charge in [0.1, 0.15) is 11.5 Å². The zero-order chi connectivity index (χ0) is 25.3. The number of pyridine rings is 1. The Balaban J connectivity index is 1.40. The molecule has 0 amide bonds. The van der Waals surface area contributed by atoms with Crippen LogP contribution in [-0.4, -0.2) is 30.3 Å². The van der Waals surface area contributed by atoms with E-state index >= 15 is 0 Å². The number of nitrogens with one attached hydrogen (secondary N) is 1. The van der Waals surface area contributed by atoms with Gasteiger partial charge in [0.2, 0.25) is 0 Å². The van der Waals surface area contributed by atoms with Gasteiger partial charge in [0.15, 0.2) is 0 Å². The van der Waals surface area contributed by atoms with Crippen LogP contribution in [0.5, 0.6) is 11.5 Å². The SMILES string of the molecule is CCC(NCCCCCCn1c(-c2ccc(OC)cc2)c(C)c2cc(OC)ccc21)c1ccccn1. The lowest BCUT2D eigenvalue weighted by Gasteiger charge is -2.16. The number of ether oxygens (including phenoxy) is 2. The van der Waals surface area contributed by atoms with Crippen molar-refractivity contribution in [3.05, 3.63) is 78.1 Å². The van der Waals surface area contributed by atoms with E-state index in [0.29, 0.717) is 6.04 Å². The van der Waals surface area contributed by atoms with E-state index < -0.39 is 0 Å². The van der Waals surface area contributed by atoms with Gasteiger partial charge in [-0.1, -0.05) is 25.8 Å². The van der Waals surface area contributed by atoms with Crippen LogP contribution in [0.25, 0.3) is 22.2 Å². The Kier molecular flexibility index (Phi) is 9.01. The lowest BCUT2D eigenvalue weighted by Crippen LogP contribution is -2.22. The molecule has 1 N–H and O–H groups in total. The number of aryl methyl sites for hydroxylation is 2. The number of aromatic nitrogens is 2. The Labute approximate surface area is 215 Å². The summed E-state index contributed by atoms with van der Waals surface area (Å²) >= 11 is 0. The Morgan fingerprint density at radius 3 is 2.33 bits per heavy atom. The maximum atomic E-state index is 5.52. The third-order valence-electron chi connectivity index (χ3n) is 7.04. The second kappa shape index (κ2) is 12.6. The molecule has 1 unspecified atom stereocenters. The normalized spacial score (nSPS) is 12.1. The molecule has 0 saturated heterocycles. The highest BCUT2D eigenvalue weighted by Crippen LogP contribution is 2.36. The van der Waals surface area contributed by atoms with E-state index in [9.17, 15) is 0 Å². The van der Waals surface area contributed by atoms with Gasteiger partial charge in [0, 0.05) is 29.7 Å². The predicted octanol–water partition coefficient (Wildman–Crippen LogP) is 7.33. The minimum atomic E-state index is 0.337.